The molecule has 2 bridgehead atoms. The molecule has 4 amide bonds. The largest absolute Gasteiger partial charge is 0.508 e. The van der Waals surface area contributed by atoms with Crippen LogP contribution in [0.3, 0.4) is 0 Å². The summed E-state index contributed by atoms with van der Waals surface area (Å²) in [5.41, 5.74) is 1.10. The molecule has 3 aromatic carbocycles. The summed E-state index contributed by atoms with van der Waals surface area (Å²) in [4.78, 5) is 62.8. The summed E-state index contributed by atoms with van der Waals surface area (Å²) in [6, 6.07) is 8.44. The van der Waals surface area contributed by atoms with Crippen molar-refractivity contribution in [3.8, 4) is 35.4 Å². The first-order valence-electron chi connectivity index (χ1n) is 26.8. The molecule has 1 spiro atoms. The van der Waals surface area contributed by atoms with E-state index in [0.717, 1.165) is 103 Å². The third kappa shape index (κ3) is 9.60. The topological polar surface area (TPSA) is 160 Å². The molecule has 0 radical (unpaired) electrons. The van der Waals surface area contributed by atoms with E-state index in [4.69, 9.17) is 21.1 Å². The van der Waals surface area contributed by atoms with E-state index in [1.54, 1.807) is 18.0 Å². The Morgan fingerprint density at radius 1 is 0.880 bits per heavy atom. The molecule has 2 aliphatic carbocycles. The van der Waals surface area contributed by atoms with Crippen molar-refractivity contribution in [1.82, 2.24) is 40.3 Å². The van der Waals surface area contributed by atoms with Gasteiger partial charge in [0.05, 0.1) is 23.1 Å². The van der Waals surface area contributed by atoms with Gasteiger partial charge in [-0.25, -0.2) is 18.0 Å². The molecule has 7 aliphatic rings. The number of halogens is 3. The molecule has 12 rings (SSSR count). The van der Waals surface area contributed by atoms with Crippen LogP contribution < -0.4 is 25.2 Å². The second-order valence-electron chi connectivity index (χ2n) is 22.7. The van der Waals surface area contributed by atoms with Crippen molar-refractivity contribution < 1.29 is 37.4 Å². The van der Waals surface area contributed by atoms with Crippen LogP contribution in [0.15, 0.2) is 42.6 Å². The van der Waals surface area contributed by atoms with Crippen molar-refractivity contribution in [2.24, 2.45) is 16.7 Å². The van der Waals surface area contributed by atoms with Gasteiger partial charge in [-0.15, -0.1) is 6.42 Å². The number of benzene rings is 3. The predicted molar refractivity (Wildman–Crippen MR) is 278 cm³/mol. The Bertz CT molecular complexity index is 3140. The minimum Gasteiger partial charge on any atom is -0.508 e. The molecule has 15 nitrogen and oxygen atoms in total. The lowest BCUT2D eigenvalue weighted by atomic mass is 9.65. The lowest BCUT2D eigenvalue weighted by molar-refractivity contribution is -0.120. The van der Waals surface area contributed by atoms with E-state index >= 15 is 13.2 Å². The summed E-state index contributed by atoms with van der Waals surface area (Å²) in [7, 11) is 0. The van der Waals surface area contributed by atoms with Gasteiger partial charge in [0, 0.05) is 119 Å². The van der Waals surface area contributed by atoms with Crippen molar-refractivity contribution in [2.45, 2.75) is 89.6 Å². The van der Waals surface area contributed by atoms with Crippen LogP contribution in [0.4, 0.5) is 29.5 Å². The number of fused-ring (bicyclic) bond motifs is 4. The Hall–Kier alpha value is -6.55. The Morgan fingerprint density at radius 2 is 1.61 bits per heavy atom. The van der Waals surface area contributed by atoms with Gasteiger partial charge in [-0.05, 0) is 124 Å². The van der Waals surface area contributed by atoms with Gasteiger partial charge in [0.15, 0.2) is 5.82 Å². The minimum absolute atomic E-state index is 0.0344. The van der Waals surface area contributed by atoms with Crippen LogP contribution in [0, 0.1) is 53.5 Å². The number of terminal acetylenes is 1. The Morgan fingerprint density at radius 3 is 2.32 bits per heavy atom. The van der Waals surface area contributed by atoms with E-state index in [1.807, 2.05) is 0 Å². The van der Waals surface area contributed by atoms with Crippen molar-refractivity contribution >= 4 is 51.0 Å². The van der Waals surface area contributed by atoms with Gasteiger partial charge in [-0.1, -0.05) is 12.0 Å². The van der Waals surface area contributed by atoms with Crippen molar-refractivity contribution in [2.75, 3.05) is 88.4 Å². The third-order valence-electron chi connectivity index (χ3n) is 17.8. The first kappa shape index (κ1) is 49.3. The molecule has 2 saturated carbocycles. The SMILES string of the molecule is C#Cc1c(F)ccc2cc(O)cc(-c3ncc4c(N5CC6CCC(C5)N6)nc(OCC5(CN6CCN(CC7CCC8(CC7)CCN(C(=O)c7cc(N9CCC(=O)NC9=O)c(C)cc7F)CC8)CC6)CC5)nc4c3F)c12. The van der Waals surface area contributed by atoms with Crippen LogP contribution in [0.25, 0.3) is 32.9 Å². The van der Waals surface area contributed by atoms with Crippen molar-refractivity contribution in [3.05, 3.63) is 76.7 Å². The summed E-state index contributed by atoms with van der Waals surface area (Å²) in [6.45, 7) is 10.7. The summed E-state index contributed by atoms with van der Waals surface area (Å²) in [5.74, 6) is 0.779. The van der Waals surface area contributed by atoms with Gasteiger partial charge >= 0.3 is 12.0 Å². The molecular weight excluding hydrogens is 962 g/mol. The monoisotopic (exact) mass is 1020 g/mol. The summed E-state index contributed by atoms with van der Waals surface area (Å²) < 4.78 is 54.0. The number of aryl methyl sites for hydroxylation is 1. The number of hydrogen-bond donors (Lipinski definition) is 3. The Kier molecular flexibility index (Phi) is 12.9. The van der Waals surface area contributed by atoms with Crippen LogP contribution in [0.2, 0.25) is 0 Å². The van der Waals surface area contributed by atoms with Gasteiger partial charge < -0.3 is 34.8 Å². The number of nitrogens with zero attached hydrogens (tertiary/aromatic N) is 8. The second-order valence-corrected chi connectivity index (χ2v) is 22.7. The zero-order valence-electron chi connectivity index (χ0n) is 42.4. The maximum absolute atomic E-state index is 17.2. The number of piperidine rings is 1. The highest BCUT2D eigenvalue weighted by Crippen LogP contribution is 2.49. The summed E-state index contributed by atoms with van der Waals surface area (Å²) in [6.07, 6.45) is 17.9. The fraction of sp³-hybridized carbons (Fsp3) is 0.509. The van der Waals surface area contributed by atoms with Gasteiger partial charge in [-0.2, -0.15) is 9.97 Å². The summed E-state index contributed by atoms with van der Waals surface area (Å²) >= 11 is 0. The van der Waals surface area contributed by atoms with Gasteiger partial charge in [-0.3, -0.25) is 24.8 Å². The number of urea groups is 1. The zero-order chi connectivity index (χ0) is 51.8. The maximum Gasteiger partial charge on any atom is 0.328 e. The van der Waals surface area contributed by atoms with E-state index in [9.17, 15) is 19.5 Å². The molecule has 2 atom stereocenters. The van der Waals surface area contributed by atoms with E-state index in [2.05, 4.69) is 36.2 Å². The number of likely N-dealkylation sites (tertiary alicyclic amines) is 1. The quantitative estimate of drug-likeness (QED) is 0.112. The number of rotatable bonds is 11. The Labute approximate surface area is 434 Å². The van der Waals surface area contributed by atoms with Gasteiger partial charge in [0.25, 0.3) is 5.91 Å². The van der Waals surface area contributed by atoms with Crippen molar-refractivity contribution in [1.29, 1.82) is 0 Å². The number of carbonyl (C=O) groups excluding carboxylic acids is 3. The van der Waals surface area contributed by atoms with Crippen molar-refractivity contribution in [3.63, 3.8) is 0 Å². The normalized spacial score (nSPS) is 23.0. The van der Waals surface area contributed by atoms with Crippen LogP contribution in [0.5, 0.6) is 11.8 Å². The third-order valence-corrected chi connectivity index (χ3v) is 17.8. The number of anilines is 2. The number of phenols is 1. The molecule has 2 aromatic heterocycles. The van der Waals surface area contributed by atoms with Crippen LogP contribution in [-0.4, -0.2) is 143 Å². The average Bonchev–Trinajstić information content (AvgIpc) is 4.09. The average molecular weight is 1030 g/mol. The molecule has 392 valence electrons. The molecule has 5 saturated heterocycles. The number of piperazine rings is 2. The highest BCUT2D eigenvalue weighted by molar-refractivity contribution is 6.07. The molecule has 5 aromatic rings. The highest BCUT2D eigenvalue weighted by Gasteiger charge is 2.46. The van der Waals surface area contributed by atoms with Gasteiger partial charge in [0.1, 0.15) is 34.4 Å². The van der Waals surface area contributed by atoms with E-state index in [0.29, 0.717) is 66.5 Å². The zero-order valence-corrected chi connectivity index (χ0v) is 42.4. The summed E-state index contributed by atoms with van der Waals surface area (Å²) in [5, 5.41) is 17.9. The molecule has 5 aliphatic heterocycles. The number of amides is 4. The van der Waals surface area contributed by atoms with E-state index < -0.39 is 23.5 Å². The van der Waals surface area contributed by atoms with E-state index in [1.165, 1.54) is 41.3 Å². The fourth-order valence-electron chi connectivity index (χ4n) is 13.2. The lowest BCUT2D eigenvalue weighted by Gasteiger charge is -2.47. The molecule has 3 N–H and O–H groups in total. The number of hydrogen-bond acceptors (Lipinski definition) is 12. The van der Waals surface area contributed by atoms with Crippen LogP contribution in [0.1, 0.15) is 92.1 Å². The maximum atomic E-state index is 17.2. The number of nitrogens with one attached hydrogen (secondary N) is 2. The number of pyridine rings is 1. The molecule has 18 heteroatoms. The number of ether oxygens (including phenoxy) is 1. The second kappa shape index (κ2) is 19.5. The minimum atomic E-state index is -0.735. The molecule has 7 heterocycles. The lowest BCUT2D eigenvalue weighted by Crippen LogP contribution is -2.51. The molecule has 7 fully saturated rings. The van der Waals surface area contributed by atoms with E-state index in [-0.39, 0.29) is 92.7 Å². The van der Waals surface area contributed by atoms with Crippen LogP contribution >= 0.6 is 0 Å². The number of aromatic hydroxyl groups is 1. The standard InChI is InChI=1S/C57H63F3N10O5/c1-3-40-44(58)7-4-36-25-39(71)26-42(48(36)40)50-49(60)51-43(28-61-50)52(69-30-37-5-6-38(31-69)62-37)65-54(64-51)75-33-57(13-14-57)32-67-22-20-66(21-23-67)29-35-8-11-56(12-9-35)15-18-68(19-16-56)53(73)41-27-46(34(2)24-45(41)59)70-17-10-47(72)63-55(70)74/h1,4,7,24-28,35,37-38,62,71H,5-6,8-23,29-33H2,2H3,(H,63,72,74). The molecule has 2 unspecified atom stereocenters. The number of aromatic nitrogens is 3. The number of imide groups is 1. The first-order chi connectivity index (χ1) is 36.2. The Balaban J connectivity index is 0.659. The first-order valence-corrected chi connectivity index (χ1v) is 26.8. The highest BCUT2D eigenvalue weighted by atomic mass is 19.1. The van der Waals surface area contributed by atoms with Crippen LogP contribution in [-0.2, 0) is 4.79 Å². The molecule has 75 heavy (non-hydrogen) atoms. The number of carbonyl (C=O) groups is 3. The number of phenolic OH excluding ortho intramolecular Hbond substituents is 1. The smallest absolute Gasteiger partial charge is 0.328 e. The predicted octanol–water partition coefficient (Wildman–Crippen LogP) is 7.53. The fourth-order valence-corrected chi connectivity index (χ4v) is 13.2. The van der Waals surface area contributed by atoms with Gasteiger partial charge in [0.2, 0.25) is 5.91 Å². The molecular formula is C57H63F3N10O5.